The first kappa shape index (κ1) is 7.81. The Morgan fingerprint density at radius 3 is 3.00 bits per heavy atom. The molecule has 0 aliphatic rings. The third kappa shape index (κ3) is 1.52. The van der Waals surface area contributed by atoms with Crippen LogP contribution in [0.2, 0.25) is 0 Å². The fourth-order valence-corrected chi connectivity index (χ4v) is 0.974. The van der Waals surface area contributed by atoms with Crippen molar-refractivity contribution in [2.24, 2.45) is 5.73 Å². The predicted molar refractivity (Wildman–Crippen MR) is 44.8 cm³/mol. The molecule has 66 valence electrons. The molecule has 6 heteroatoms. The number of tetrazole rings is 1. The van der Waals surface area contributed by atoms with Crippen molar-refractivity contribution in [1.29, 1.82) is 0 Å². The largest absolute Gasteiger partial charge is 0.325 e. The van der Waals surface area contributed by atoms with Gasteiger partial charge in [-0.15, -0.1) is 5.10 Å². The van der Waals surface area contributed by atoms with Gasteiger partial charge >= 0.3 is 0 Å². The van der Waals surface area contributed by atoms with Crippen LogP contribution in [-0.4, -0.2) is 25.2 Å². The molecule has 0 radical (unpaired) electrons. The summed E-state index contributed by atoms with van der Waals surface area (Å²) >= 11 is 0. The summed E-state index contributed by atoms with van der Waals surface area (Å²) in [6, 6.07) is 5.54. The number of hydrogen-bond donors (Lipinski definition) is 1. The van der Waals surface area contributed by atoms with E-state index in [1.165, 1.54) is 11.0 Å². The standard InChI is InChI=1S/C7H8N6/c8-4-6-2-1-3-7(10-6)13-5-9-11-12-13/h1-3,5H,4,8H2. The van der Waals surface area contributed by atoms with Gasteiger partial charge in [-0.05, 0) is 22.6 Å². The Balaban J connectivity index is 2.41. The summed E-state index contributed by atoms with van der Waals surface area (Å²) in [6.45, 7) is 0.413. The van der Waals surface area contributed by atoms with E-state index in [1.54, 1.807) is 0 Å². The highest BCUT2D eigenvalue weighted by molar-refractivity contribution is 5.22. The molecule has 2 N–H and O–H groups in total. The average molecular weight is 176 g/mol. The van der Waals surface area contributed by atoms with E-state index >= 15 is 0 Å². The third-order valence-corrected chi connectivity index (χ3v) is 1.58. The number of nitrogens with two attached hydrogens (primary N) is 1. The highest BCUT2D eigenvalue weighted by Crippen LogP contribution is 2.01. The van der Waals surface area contributed by atoms with Crippen molar-refractivity contribution in [2.45, 2.75) is 6.54 Å². The average Bonchev–Trinajstić information content (AvgIpc) is 2.71. The van der Waals surface area contributed by atoms with Gasteiger partial charge in [0.1, 0.15) is 6.33 Å². The van der Waals surface area contributed by atoms with E-state index < -0.39 is 0 Å². The maximum Gasteiger partial charge on any atom is 0.157 e. The minimum absolute atomic E-state index is 0.413. The van der Waals surface area contributed by atoms with Crippen LogP contribution in [0.15, 0.2) is 24.5 Å². The lowest BCUT2D eigenvalue weighted by molar-refractivity contribution is 0.764. The monoisotopic (exact) mass is 176 g/mol. The van der Waals surface area contributed by atoms with Gasteiger partial charge in [0.05, 0.1) is 5.69 Å². The lowest BCUT2D eigenvalue weighted by atomic mass is 10.3. The maximum absolute atomic E-state index is 5.45. The van der Waals surface area contributed by atoms with Gasteiger partial charge in [-0.1, -0.05) is 6.07 Å². The Morgan fingerprint density at radius 2 is 2.31 bits per heavy atom. The fourth-order valence-electron chi connectivity index (χ4n) is 0.974. The van der Waals surface area contributed by atoms with Crippen molar-refractivity contribution in [3.63, 3.8) is 0 Å². The zero-order valence-corrected chi connectivity index (χ0v) is 6.83. The van der Waals surface area contributed by atoms with Gasteiger partial charge in [0.25, 0.3) is 0 Å². The summed E-state index contributed by atoms with van der Waals surface area (Å²) in [7, 11) is 0. The Labute approximate surface area is 74.4 Å². The second kappa shape index (κ2) is 3.28. The van der Waals surface area contributed by atoms with Crippen molar-refractivity contribution >= 4 is 0 Å². The molecule has 0 aliphatic heterocycles. The summed E-state index contributed by atoms with van der Waals surface area (Å²) in [6.07, 6.45) is 1.49. The molecule has 13 heavy (non-hydrogen) atoms. The maximum atomic E-state index is 5.45. The van der Waals surface area contributed by atoms with Crippen molar-refractivity contribution in [2.75, 3.05) is 0 Å². The van der Waals surface area contributed by atoms with E-state index in [-0.39, 0.29) is 0 Å². The SMILES string of the molecule is NCc1cccc(-n2cnnn2)n1. The van der Waals surface area contributed by atoms with E-state index in [0.29, 0.717) is 12.4 Å². The smallest absolute Gasteiger partial charge is 0.157 e. The topological polar surface area (TPSA) is 82.5 Å². The van der Waals surface area contributed by atoms with Crippen LogP contribution in [0.25, 0.3) is 5.82 Å². The van der Waals surface area contributed by atoms with E-state index in [9.17, 15) is 0 Å². The molecule has 2 aromatic heterocycles. The molecule has 0 saturated heterocycles. The predicted octanol–water partition coefficient (Wildman–Crippen LogP) is -0.484. The summed E-state index contributed by atoms with van der Waals surface area (Å²) in [4.78, 5) is 4.23. The molecule has 0 fully saturated rings. The number of rotatable bonds is 2. The first-order valence-corrected chi connectivity index (χ1v) is 3.79. The minimum atomic E-state index is 0.413. The van der Waals surface area contributed by atoms with Gasteiger partial charge in [0, 0.05) is 6.54 Å². The molecular formula is C7H8N6. The molecule has 0 unspecified atom stereocenters. The summed E-state index contributed by atoms with van der Waals surface area (Å²) < 4.78 is 1.49. The molecule has 0 amide bonds. The van der Waals surface area contributed by atoms with Gasteiger partial charge in [-0.2, -0.15) is 4.68 Å². The van der Waals surface area contributed by atoms with Crippen LogP contribution in [-0.2, 0) is 6.54 Å². The summed E-state index contributed by atoms with van der Waals surface area (Å²) in [5.74, 6) is 0.674. The third-order valence-electron chi connectivity index (χ3n) is 1.58. The van der Waals surface area contributed by atoms with E-state index in [2.05, 4.69) is 20.5 Å². The van der Waals surface area contributed by atoms with E-state index in [4.69, 9.17) is 5.73 Å². The fraction of sp³-hybridized carbons (Fsp3) is 0.143. The molecule has 0 saturated carbocycles. The van der Waals surface area contributed by atoms with Crippen molar-refractivity contribution in [3.05, 3.63) is 30.2 Å². The van der Waals surface area contributed by atoms with Crippen LogP contribution in [0.5, 0.6) is 0 Å². The number of aromatic nitrogens is 5. The van der Waals surface area contributed by atoms with Crippen LogP contribution >= 0.6 is 0 Å². The van der Waals surface area contributed by atoms with Crippen LogP contribution < -0.4 is 5.73 Å². The Morgan fingerprint density at radius 1 is 1.38 bits per heavy atom. The molecule has 2 heterocycles. The normalized spacial score (nSPS) is 10.2. The van der Waals surface area contributed by atoms with Gasteiger partial charge in [0.15, 0.2) is 5.82 Å². The lowest BCUT2D eigenvalue weighted by Crippen LogP contribution is -2.04. The highest BCUT2D eigenvalue weighted by atomic mass is 15.5. The zero-order valence-electron chi connectivity index (χ0n) is 6.83. The number of nitrogens with zero attached hydrogens (tertiary/aromatic N) is 5. The molecule has 6 nitrogen and oxygen atoms in total. The zero-order chi connectivity index (χ0) is 9.10. The first-order valence-electron chi connectivity index (χ1n) is 3.79. The van der Waals surface area contributed by atoms with Crippen molar-refractivity contribution < 1.29 is 0 Å². The molecule has 0 aromatic carbocycles. The minimum Gasteiger partial charge on any atom is -0.325 e. The molecule has 0 atom stereocenters. The van der Waals surface area contributed by atoms with Gasteiger partial charge < -0.3 is 5.73 Å². The lowest BCUT2D eigenvalue weighted by Gasteiger charge is -1.99. The molecule has 2 rings (SSSR count). The number of pyridine rings is 1. The molecule has 2 aromatic rings. The van der Waals surface area contributed by atoms with Gasteiger partial charge in [-0.25, -0.2) is 4.98 Å². The molecule has 0 spiro atoms. The van der Waals surface area contributed by atoms with Crippen LogP contribution in [0.3, 0.4) is 0 Å². The molecular weight excluding hydrogens is 168 g/mol. The van der Waals surface area contributed by atoms with Gasteiger partial charge in [-0.3, -0.25) is 0 Å². The molecule has 0 bridgehead atoms. The van der Waals surface area contributed by atoms with E-state index in [0.717, 1.165) is 5.69 Å². The Hall–Kier alpha value is -1.82. The second-order valence-electron chi connectivity index (χ2n) is 2.45. The van der Waals surface area contributed by atoms with Crippen molar-refractivity contribution in [3.8, 4) is 5.82 Å². The summed E-state index contributed by atoms with van der Waals surface area (Å²) in [5.41, 5.74) is 6.26. The van der Waals surface area contributed by atoms with Crippen LogP contribution in [0, 0.1) is 0 Å². The Kier molecular flexibility index (Phi) is 1.97. The van der Waals surface area contributed by atoms with E-state index in [1.807, 2.05) is 18.2 Å². The highest BCUT2D eigenvalue weighted by Gasteiger charge is 1.99. The Bertz CT molecular complexity index is 382. The van der Waals surface area contributed by atoms with Gasteiger partial charge in [0.2, 0.25) is 0 Å². The number of hydrogen-bond acceptors (Lipinski definition) is 5. The van der Waals surface area contributed by atoms with Crippen LogP contribution in [0.4, 0.5) is 0 Å². The second-order valence-corrected chi connectivity index (χ2v) is 2.45. The quantitative estimate of drug-likeness (QED) is 0.668. The molecule has 0 aliphatic carbocycles. The summed E-state index contributed by atoms with van der Waals surface area (Å²) in [5, 5.41) is 10.7. The van der Waals surface area contributed by atoms with Crippen LogP contribution in [0.1, 0.15) is 5.69 Å². The first-order chi connectivity index (χ1) is 6.40. The van der Waals surface area contributed by atoms with Crippen molar-refractivity contribution in [1.82, 2.24) is 25.2 Å².